The third-order valence-corrected chi connectivity index (χ3v) is 7.99. The Morgan fingerprint density at radius 1 is 0.900 bits per heavy atom. The summed E-state index contributed by atoms with van der Waals surface area (Å²) in [6.45, 7) is 8.90. The standard InChI is InChI=1S/C30H36Cl2N6O2/c1-21(39)33-17-22-3-5-37(6-4-22)20-23-11-24(25-13-26(31)16-27(32)14-25)15-28(12-23)40-29-18-34-30(35-19-29)38-9-7-36(2)8-10-38/h11-16,18-19,22H,3-10,17,20H2,1-2H3,(H,33,39). The van der Waals surface area contributed by atoms with Gasteiger partial charge in [-0.25, -0.2) is 9.97 Å². The van der Waals surface area contributed by atoms with Crippen LogP contribution in [0, 0.1) is 5.92 Å². The van der Waals surface area contributed by atoms with Gasteiger partial charge in [-0.2, -0.15) is 0 Å². The van der Waals surface area contributed by atoms with Crippen molar-refractivity contribution in [2.24, 2.45) is 5.92 Å². The highest BCUT2D eigenvalue weighted by atomic mass is 35.5. The number of hydrogen-bond acceptors (Lipinski definition) is 7. The van der Waals surface area contributed by atoms with E-state index in [2.05, 4.69) is 49.2 Å². The van der Waals surface area contributed by atoms with E-state index < -0.39 is 0 Å². The van der Waals surface area contributed by atoms with Crippen LogP contribution in [0.25, 0.3) is 11.1 Å². The molecule has 2 aliphatic rings. The number of nitrogens with zero attached hydrogens (tertiary/aromatic N) is 5. The number of ether oxygens (including phenoxy) is 1. The molecule has 212 valence electrons. The minimum Gasteiger partial charge on any atom is -0.454 e. The van der Waals surface area contributed by atoms with E-state index in [0.717, 1.165) is 87.8 Å². The Kier molecular flexibility index (Phi) is 9.42. The second-order valence-electron chi connectivity index (χ2n) is 10.8. The van der Waals surface area contributed by atoms with Crippen LogP contribution in [0.2, 0.25) is 10.0 Å². The van der Waals surface area contributed by atoms with E-state index in [4.69, 9.17) is 27.9 Å². The number of piperidine rings is 1. The molecular weight excluding hydrogens is 547 g/mol. The predicted molar refractivity (Wildman–Crippen MR) is 160 cm³/mol. The molecule has 1 aromatic heterocycles. The first-order chi connectivity index (χ1) is 19.3. The number of carbonyl (C=O) groups excluding carboxylic acids is 1. The van der Waals surface area contributed by atoms with Crippen molar-refractivity contribution in [3.05, 3.63) is 64.4 Å². The lowest BCUT2D eigenvalue weighted by Gasteiger charge is -2.32. The topological polar surface area (TPSA) is 73.8 Å². The molecule has 40 heavy (non-hydrogen) atoms. The van der Waals surface area contributed by atoms with E-state index in [9.17, 15) is 4.79 Å². The Balaban J connectivity index is 1.32. The van der Waals surface area contributed by atoms with Gasteiger partial charge in [0.15, 0.2) is 5.75 Å². The molecule has 3 heterocycles. The quantitative estimate of drug-likeness (QED) is 0.384. The number of benzene rings is 2. The summed E-state index contributed by atoms with van der Waals surface area (Å²) >= 11 is 12.7. The zero-order valence-corrected chi connectivity index (χ0v) is 24.6. The van der Waals surface area contributed by atoms with Crippen LogP contribution in [-0.2, 0) is 11.3 Å². The van der Waals surface area contributed by atoms with Crippen molar-refractivity contribution in [3.8, 4) is 22.6 Å². The first kappa shape index (κ1) is 28.6. The highest BCUT2D eigenvalue weighted by molar-refractivity contribution is 6.35. The maximum Gasteiger partial charge on any atom is 0.225 e. The summed E-state index contributed by atoms with van der Waals surface area (Å²) in [5.41, 5.74) is 3.05. The van der Waals surface area contributed by atoms with Gasteiger partial charge < -0.3 is 19.9 Å². The summed E-state index contributed by atoms with van der Waals surface area (Å²) in [4.78, 5) is 27.4. The molecule has 3 aromatic rings. The second-order valence-corrected chi connectivity index (χ2v) is 11.7. The van der Waals surface area contributed by atoms with Crippen LogP contribution in [0.4, 0.5) is 5.95 Å². The van der Waals surface area contributed by atoms with Crippen LogP contribution >= 0.6 is 23.2 Å². The zero-order valence-electron chi connectivity index (χ0n) is 23.1. The number of hydrogen-bond donors (Lipinski definition) is 1. The Hall–Kier alpha value is -2.91. The van der Waals surface area contributed by atoms with Gasteiger partial charge in [-0.1, -0.05) is 23.2 Å². The number of carbonyl (C=O) groups is 1. The molecule has 10 heteroatoms. The molecule has 2 fully saturated rings. The number of anilines is 1. The van der Waals surface area contributed by atoms with Crippen molar-refractivity contribution in [1.29, 1.82) is 0 Å². The van der Waals surface area contributed by atoms with Gasteiger partial charge in [-0.05, 0) is 92.0 Å². The van der Waals surface area contributed by atoms with Crippen molar-refractivity contribution in [3.63, 3.8) is 0 Å². The van der Waals surface area contributed by atoms with E-state index >= 15 is 0 Å². The lowest BCUT2D eigenvalue weighted by atomic mass is 9.96. The normalized spacial score (nSPS) is 17.1. The van der Waals surface area contributed by atoms with Crippen LogP contribution < -0.4 is 15.0 Å². The Morgan fingerprint density at radius 3 is 2.20 bits per heavy atom. The van der Waals surface area contributed by atoms with Gasteiger partial charge in [-0.15, -0.1) is 0 Å². The van der Waals surface area contributed by atoms with Crippen molar-refractivity contribution in [2.45, 2.75) is 26.3 Å². The van der Waals surface area contributed by atoms with Crippen molar-refractivity contribution >= 4 is 35.1 Å². The summed E-state index contributed by atoms with van der Waals surface area (Å²) in [5.74, 6) is 2.58. The molecular formula is C30H36Cl2N6O2. The fourth-order valence-corrected chi connectivity index (χ4v) is 5.79. The van der Waals surface area contributed by atoms with Gasteiger partial charge in [0.2, 0.25) is 11.9 Å². The van der Waals surface area contributed by atoms with Crippen LogP contribution in [-0.4, -0.2) is 78.5 Å². The maximum absolute atomic E-state index is 11.3. The smallest absolute Gasteiger partial charge is 0.225 e. The molecule has 2 aliphatic heterocycles. The van der Waals surface area contributed by atoms with E-state index in [-0.39, 0.29) is 5.91 Å². The van der Waals surface area contributed by atoms with Gasteiger partial charge in [0, 0.05) is 56.2 Å². The third kappa shape index (κ3) is 7.85. The maximum atomic E-state index is 11.3. The number of amides is 1. The number of nitrogens with one attached hydrogen (secondary N) is 1. The summed E-state index contributed by atoms with van der Waals surface area (Å²) in [6, 6.07) is 11.8. The Bertz CT molecular complexity index is 1290. The molecule has 1 N–H and O–H groups in total. The van der Waals surface area contributed by atoms with Gasteiger partial charge in [0.25, 0.3) is 0 Å². The molecule has 0 radical (unpaired) electrons. The number of rotatable bonds is 8. The molecule has 2 aromatic carbocycles. The monoisotopic (exact) mass is 582 g/mol. The molecule has 2 saturated heterocycles. The molecule has 5 rings (SSSR count). The minimum atomic E-state index is 0.0345. The lowest BCUT2D eigenvalue weighted by Crippen LogP contribution is -2.45. The fraction of sp³-hybridized carbons (Fsp3) is 0.433. The zero-order chi connectivity index (χ0) is 28.1. The summed E-state index contributed by atoms with van der Waals surface area (Å²) in [7, 11) is 2.13. The number of halogens is 2. The summed E-state index contributed by atoms with van der Waals surface area (Å²) in [6.07, 6.45) is 5.60. The fourth-order valence-electron chi connectivity index (χ4n) is 5.26. The molecule has 0 spiro atoms. The lowest BCUT2D eigenvalue weighted by molar-refractivity contribution is -0.119. The van der Waals surface area contributed by atoms with Crippen LogP contribution in [0.1, 0.15) is 25.3 Å². The van der Waals surface area contributed by atoms with Crippen LogP contribution in [0.3, 0.4) is 0 Å². The molecule has 0 bridgehead atoms. The van der Waals surface area contributed by atoms with Crippen LogP contribution in [0.5, 0.6) is 11.5 Å². The van der Waals surface area contributed by atoms with Crippen LogP contribution in [0.15, 0.2) is 48.8 Å². The van der Waals surface area contributed by atoms with E-state index in [1.807, 2.05) is 18.2 Å². The average Bonchev–Trinajstić information content (AvgIpc) is 2.93. The Labute approximate surface area is 246 Å². The summed E-state index contributed by atoms with van der Waals surface area (Å²) in [5, 5.41) is 4.13. The third-order valence-electron chi connectivity index (χ3n) is 7.55. The van der Waals surface area contributed by atoms with Crippen molar-refractivity contribution in [2.75, 3.05) is 57.8 Å². The molecule has 8 nitrogen and oxygen atoms in total. The largest absolute Gasteiger partial charge is 0.454 e. The molecule has 0 saturated carbocycles. The predicted octanol–water partition coefficient (Wildman–Crippen LogP) is 5.34. The molecule has 0 aliphatic carbocycles. The first-order valence-corrected chi connectivity index (χ1v) is 14.6. The van der Waals surface area contributed by atoms with Gasteiger partial charge >= 0.3 is 0 Å². The summed E-state index contributed by atoms with van der Waals surface area (Å²) < 4.78 is 6.29. The van der Waals surface area contributed by atoms with Gasteiger partial charge in [-0.3, -0.25) is 9.69 Å². The number of likely N-dealkylation sites (N-methyl/N-ethyl adjacent to an activating group) is 1. The second kappa shape index (κ2) is 13.2. The average molecular weight is 584 g/mol. The molecule has 0 unspecified atom stereocenters. The van der Waals surface area contributed by atoms with E-state index in [0.29, 0.717) is 27.5 Å². The van der Waals surface area contributed by atoms with Gasteiger partial charge in [0.05, 0.1) is 12.4 Å². The van der Waals surface area contributed by atoms with E-state index in [1.54, 1.807) is 25.4 Å². The van der Waals surface area contributed by atoms with Crippen molar-refractivity contribution < 1.29 is 9.53 Å². The first-order valence-electron chi connectivity index (χ1n) is 13.8. The Morgan fingerprint density at radius 2 is 1.55 bits per heavy atom. The van der Waals surface area contributed by atoms with Gasteiger partial charge in [0.1, 0.15) is 5.75 Å². The molecule has 0 atom stereocenters. The van der Waals surface area contributed by atoms with Crippen molar-refractivity contribution in [1.82, 2.24) is 25.1 Å². The highest BCUT2D eigenvalue weighted by Gasteiger charge is 2.20. The number of piperazine rings is 1. The number of aromatic nitrogens is 2. The minimum absolute atomic E-state index is 0.0345. The number of likely N-dealkylation sites (tertiary alicyclic amines) is 1. The molecule has 1 amide bonds. The van der Waals surface area contributed by atoms with E-state index in [1.165, 1.54) is 0 Å². The SMILES string of the molecule is CC(=O)NCC1CCN(Cc2cc(Oc3cnc(N4CCN(C)CC4)nc3)cc(-c3cc(Cl)cc(Cl)c3)c2)CC1. The highest BCUT2D eigenvalue weighted by Crippen LogP contribution is 2.33.